The Labute approximate surface area is 191 Å². The van der Waals surface area contributed by atoms with Crippen LogP contribution in [0.2, 0.25) is 0 Å². The van der Waals surface area contributed by atoms with Gasteiger partial charge >= 0.3 is 35.5 Å². The van der Waals surface area contributed by atoms with Crippen LogP contribution >= 0.6 is 35.3 Å². The fraction of sp³-hybridized carbons (Fsp3) is 0.600. The molecular formula is C15H17N2NaO6S3. The summed E-state index contributed by atoms with van der Waals surface area (Å²) >= 11 is 4.08. The summed E-state index contributed by atoms with van der Waals surface area (Å²) in [6.45, 7) is 3.44. The quantitative estimate of drug-likeness (QED) is 0.117. The average molecular weight is 441 g/mol. The van der Waals surface area contributed by atoms with E-state index in [2.05, 4.69) is 5.32 Å². The summed E-state index contributed by atoms with van der Waals surface area (Å²) in [6, 6.07) is -1.94. The normalized spacial score (nSPS) is 28.0. The number of β-lactam (4-membered cyclic amide) rings is 1. The minimum Gasteiger partial charge on any atom is -0.548 e. The van der Waals surface area contributed by atoms with Gasteiger partial charge in [0.1, 0.15) is 17.0 Å². The number of carboxylic acids is 1. The van der Waals surface area contributed by atoms with Crippen LogP contribution in [0.4, 0.5) is 0 Å². The third-order valence-corrected chi connectivity index (χ3v) is 8.61. The number of rotatable bonds is 4. The van der Waals surface area contributed by atoms with Crippen molar-refractivity contribution < 1.29 is 58.6 Å². The number of methoxy groups -OCH3 is 1. The summed E-state index contributed by atoms with van der Waals surface area (Å²) in [7, 11) is 1.19. The smallest absolute Gasteiger partial charge is 0.548 e. The molecule has 8 nitrogen and oxygen atoms in total. The molecule has 0 saturated carbocycles. The molecule has 0 aliphatic carbocycles. The van der Waals surface area contributed by atoms with Crippen molar-refractivity contribution in [1.29, 1.82) is 0 Å². The number of hydrogen-bond donors (Lipinski definition) is 1. The molecule has 1 N–H and O–H groups in total. The number of nitrogens with zero attached hydrogens (tertiary/aromatic N) is 1. The predicted molar refractivity (Wildman–Crippen MR) is 97.0 cm³/mol. The topological polar surface area (TPSA) is 116 Å². The SMILES string of the molecule is COC(=O)C(C(=O)N[C@@H]1C(=O)N2C(C(=O)[O-])C(C)(C)S[C@H]12)=C1SCCS1.[Na+]. The van der Waals surface area contributed by atoms with Gasteiger partial charge in [0.05, 0.1) is 23.4 Å². The molecule has 3 fully saturated rings. The molecule has 3 aliphatic heterocycles. The number of fused-ring (bicyclic) bond motifs is 1. The Balaban J connectivity index is 0.00000261. The van der Waals surface area contributed by atoms with Crippen LogP contribution < -0.4 is 40.0 Å². The second-order valence-corrected chi connectivity index (χ2v) is 10.6. The second kappa shape index (κ2) is 8.58. The third-order valence-electron chi connectivity index (χ3n) is 4.32. The molecule has 3 aliphatic rings. The van der Waals surface area contributed by atoms with Crippen LogP contribution in [0.3, 0.4) is 0 Å². The van der Waals surface area contributed by atoms with Gasteiger partial charge in [0.2, 0.25) is 5.91 Å². The van der Waals surface area contributed by atoms with E-state index in [4.69, 9.17) is 4.74 Å². The van der Waals surface area contributed by atoms with Crippen LogP contribution in [0.15, 0.2) is 9.81 Å². The number of carboxylic acid groups (broad SMARTS) is 1. The second-order valence-electron chi connectivity index (χ2n) is 6.38. The zero-order valence-electron chi connectivity index (χ0n) is 15.3. The van der Waals surface area contributed by atoms with E-state index in [9.17, 15) is 24.3 Å². The average Bonchev–Trinajstić information content (AvgIpc) is 3.17. The molecule has 142 valence electrons. The zero-order chi connectivity index (χ0) is 19.2. The number of carbonyl (C=O) groups is 4. The van der Waals surface area contributed by atoms with Crippen LogP contribution in [0, 0.1) is 0 Å². The standard InChI is InChI=1S/C15H18N2O6S3.Na/c1-15(2)8(12(20)21)17-10(19)7(11(17)26-15)16-9(18)6(13(22)23-3)14-24-4-5-25-14;/h7-8,11H,4-5H2,1-3H3,(H,16,18)(H,20,21);/q;+1/p-1/t7-,8?,11-;/m1./s1. The molecule has 0 bridgehead atoms. The van der Waals surface area contributed by atoms with E-state index in [0.29, 0.717) is 4.24 Å². The van der Waals surface area contributed by atoms with E-state index in [-0.39, 0.29) is 35.1 Å². The van der Waals surface area contributed by atoms with Gasteiger partial charge in [-0.15, -0.1) is 35.3 Å². The molecule has 0 aromatic heterocycles. The van der Waals surface area contributed by atoms with Crippen LogP contribution in [-0.2, 0) is 23.9 Å². The summed E-state index contributed by atoms with van der Waals surface area (Å²) in [4.78, 5) is 49.7. The number of esters is 1. The van der Waals surface area contributed by atoms with Gasteiger partial charge in [-0.1, -0.05) is 0 Å². The predicted octanol–water partition coefficient (Wildman–Crippen LogP) is -3.85. The van der Waals surface area contributed by atoms with E-state index in [1.165, 1.54) is 47.3 Å². The van der Waals surface area contributed by atoms with Crippen molar-refractivity contribution in [3.05, 3.63) is 9.81 Å². The van der Waals surface area contributed by atoms with E-state index in [1.54, 1.807) is 13.8 Å². The molecule has 0 radical (unpaired) electrons. The Kier molecular flexibility index (Phi) is 7.29. The van der Waals surface area contributed by atoms with Gasteiger partial charge in [-0.2, -0.15) is 0 Å². The fourth-order valence-electron chi connectivity index (χ4n) is 3.17. The third kappa shape index (κ3) is 4.04. The first-order valence-corrected chi connectivity index (χ1v) is 10.6. The Bertz CT molecular complexity index is 720. The van der Waals surface area contributed by atoms with Gasteiger partial charge in [0.25, 0.3) is 5.91 Å². The van der Waals surface area contributed by atoms with Gasteiger partial charge in [-0.25, -0.2) is 4.79 Å². The molecule has 0 aromatic rings. The summed E-state index contributed by atoms with van der Waals surface area (Å²) < 4.78 is 4.54. The number of nitrogens with one attached hydrogen (secondary N) is 1. The van der Waals surface area contributed by atoms with Crippen molar-refractivity contribution in [2.24, 2.45) is 0 Å². The fourth-order valence-corrected chi connectivity index (χ4v) is 7.30. The number of thioether (sulfide) groups is 3. The minimum absolute atomic E-state index is 0. The first-order valence-electron chi connectivity index (χ1n) is 7.79. The minimum atomic E-state index is -1.32. The van der Waals surface area contributed by atoms with Crippen molar-refractivity contribution in [2.75, 3.05) is 18.6 Å². The van der Waals surface area contributed by atoms with Crippen molar-refractivity contribution >= 4 is 59.0 Å². The van der Waals surface area contributed by atoms with E-state index in [0.717, 1.165) is 11.5 Å². The first-order chi connectivity index (χ1) is 12.2. The zero-order valence-corrected chi connectivity index (χ0v) is 19.7. The van der Waals surface area contributed by atoms with Crippen LogP contribution in [-0.4, -0.2) is 69.5 Å². The van der Waals surface area contributed by atoms with Gasteiger partial charge in [0.15, 0.2) is 0 Å². The molecule has 2 amide bonds. The molecule has 3 saturated heterocycles. The molecule has 3 atom stereocenters. The van der Waals surface area contributed by atoms with Gasteiger partial charge in [-0.3, -0.25) is 9.59 Å². The van der Waals surface area contributed by atoms with Gasteiger partial charge in [0, 0.05) is 16.3 Å². The maximum absolute atomic E-state index is 12.6. The van der Waals surface area contributed by atoms with Crippen molar-refractivity contribution in [3.63, 3.8) is 0 Å². The Morgan fingerprint density at radius 1 is 1.26 bits per heavy atom. The molecule has 12 heteroatoms. The largest absolute Gasteiger partial charge is 1.00 e. The van der Waals surface area contributed by atoms with Gasteiger partial charge in [-0.05, 0) is 13.8 Å². The Morgan fingerprint density at radius 3 is 2.37 bits per heavy atom. The summed E-state index contributed by atoms with van der Waals surface area (Å²) in [5.41, 5.74) is -0.107. The molecule has 3 rings (SSSR count). The van der Waals surface area contributed by atoms with Crippen molar-refractivity contribution in [2.45, 2.75) is 36.1 Å². The van der Waals surface area contributed by atoms with Gasteiger partial charge < -0.3 is 24.9 Å². The summed E-state index contributed by atoms with van der Waals surface area (Å²) in [5, 5.41) is 13.5. The monoisotopic (exact) mass is 440 g/mol. The maximum atomic E-state index is 12.6. The van der Waals surface area contributed by atoms with E-state index >= 15 is 0 Å². The molecule has 1 unspecified atom stereocenters. The Morgan fingerprint density at radius 2 is 1.85 bits per heavy atom. The molecule has 0 spiro atoms. The Hall–Kier alpha value is -0.330. The van der Waals surface area contributed by atoms with Crippen LogP contribution in [0.1, 0.15) is 13.8 Å². The maximum Gasteiger partial charge on any atom is 1.00 e. The number of carbonyl (C=O) groups excluding carboxylic acids is 4. The van der Waals surface area contributed by atoms with E-state index in [1.807, 2.05) is 0 Å². The van der Waals surface area contributed by atoms with Crippen molar-refractivity contribution in [1.82, 2.24) is 10.2 Å². The summed E-state index contributed by atoms with van der Waals surface area (Å²) in [5.74, 6) is -1.68. The summed E-state index contributed by atoms with van der Waals surface area (Å²) in [6.07, 6.45) is 0. The van der Waals surface area contributed by atoms with Crippen LogP contribution in [0.5, 0.6) is 0 Å². The molecule has 3 heterocycles. The number of ether oxygens (including phenoxy) is 1. The van der Waals surface area contributed by atoms with E-state index < -0.39 is 46.0 Å². The molecule has 27 heavy (non-hydrogen) atoms. The molecular weight excluding hydrogens is 423 g/mol. The molecule has 0 aromatic carbocycles. The number of hydrogen-bond acceptors (Lipinski definition) is 9. The number of amides is 2. The van der Waals surface area contributed by atoms with Crippen LogP contribution in [0.25, 0.3) is 0 Å². The number of aliphatic carboxylic acids is 1. The van der Waals surface area contributed by atoms with Crippen molar-refractivity contribution in [3.8, 4) is 0 Å². The first kappa shape index (κ1) is 23.0.